The van der Waals surface area contributed by atoms with Gasteiger partial charge in [-0.1, -0.05) is 34.1 Å². The molecule has 0 bridgehead atoms. The Hall–Kier alpha value is -1.04. The van der Waals surface area contributed by atoms with E-state index in [1.54, 1.807) is 17.5 Å². The molecule has 0 saturated carbocycles. The third-order valence-corrected chi connectivity index (χ3v) is 5.02. The van der Waals surface area contributed by atoms with Crippen molar-refractivity contribution in [3.8, 4) is 21.8 Å². The molecule has 2 heterocycles. The van der Waals surface area contributed by atoms with Gasteiger partial charge in [0.2, 0.25) is 0 Å². The maximum Gasteiger partial charge on any atom is 0.125 e. The van der Waals surface area contributed by atoms with Crippen LogP contribution in [-0.2, 0) is 0 Å². The second-order valence-electron chi connectivity index (χ2n) is 4.30. The number of benzene rings is 1. The van der Waals surface area contributed by atoms with Crippen LogP contribution in [0.5, 0.6) is 0 Å². The van der Waals surface area contributed by atoms with Crippen molar-refractivity contribution in [2.75, 3.05) is 0 Å². The number of thiazole rings is 1. The third-order valence-electron chi connectivity index (χ3n) is 2.88. The van der Waals surface area contributed by atoms with Gasteiger partial charge in [0.1, 0.15) is 5.01 Å². The molecule has 5 heteroatoms. The average molecular weight is 410 g/mol. The number of hydrogen-bond donors (Lipinski definition) is 0. The largest absolute Gasteiger partial charge is 0.263 e. The van der Waals surface area contributed by atoms with Gasteiger partial charge >= 0.3 is 0 Å². The highest BCUT2D eigenvalue weighted by Crippen LogP contribution is 2.36. The summed E-state index contributed by atoms with van der Waals surface area (Å²) >= 11 is 8.72. The molecular weight excluding hydrogens is 400 g/mol. The van der Waals surface area contributed by atoms with Gasteiger partial charge in [-0.25, -0.2) is 4.98 Å². The lowest BCUT2D eigenvalue weighted by Gasteiger charge is -2.01. The van der Waals surface area contributed by atoms with E-state index in [9.17, 15) is 0 Å². The summed E-state index contributed by atoms with van der Waals surface area (Å²) in [4.78, 5) is 10.2. The van der Waals surface area contributed by atoms with Crippen LogP contribution in [-0.4, -0.2) is 9.97 Å². The lowest BCUT2D eigenvalue weighted by molar-refractivity contribution is 1.29. The Morgan fingerprint density at radius 3 is 2.65 bits per heavy atom. The molecule has 0 spiro atoms. The lowest BCUT2D eigenvalue weighted by Crippen LogP contribution is -1.83. The molecule has 100 valence electrons. The zero-order valence-electron chi connectivity index (χ0n) is 10.6. The van der Waals surface area contributed by atoms with E-state index >= 15 is 0 Å². The number of rotatable bonds is 2. The van der Waals surface area contributed by atoms with E-state index in [1.165, 1.54) is 4.88 Å². The molecule has 0 N–H and O–H groups in total. The number of halogens is 2. The van der Waals surface area contributed by atoms with E-state index in [4.69, 9.17) is 4.98 Å². The van der Waals surface area contributed by atoms with Crippen molar-refractivity contribution >= 4 is 43.2 Å². The third kappa shape index (κ3) is 2.71. The minimum absolute atomic E-state index is 0.963. The molecule has 0 unspecified atom stereocenters. The van der Waals surface area contributed by atoms with Gasteiger partial charge in [0, 0.05) is 37.3 Å². The quantitative estimate of drug-likeness (QED) is 0.542. The Balaban J connectivity index is 2.10. The molecule has 20 heavy (non-hydrogen) atoms. The standard InChI is InChI=1S/C15H10Br2N2S/c1-9-14(12-4-2-3-5-13(12)17)19-15(20-9)10-6-11(16)8-18-7-10/h2-8H,1H3. The topological polar surface area (TPSA) is 25.8 Å². The molecule has 1 aromatic carbocycles. The zero-order chi connectivity index (χ0) is 14.1. The molecule has 0 amide bonds. The fourth-order valence-corrected chi connectivity index (χ4v) is 3.70. The maximum atomic E-state index is 4.78. The van der Waals surface area contributed by atoms with Gasteiger partial charge in [0.15, 0.2) is 0 Å². The molecule has 0 aliphatic heterocycles. The van der Waals surface area contributed by atoms with Crippen molar-refractivity contribution < 1.29 is 0 Å². The summed E-state index contributed by atoms with van der Waals surface area (Å²) in [5.74, 6) is 0. The molecule has 3 rings (SSSR count). The predicted molar refractivity (Wildman–Crippen MR) is 90.9 cm³/mol. The smallest absolute Gasteiger partial charge is 0.125 e. The van der Waals surface area contributed by atoms with Gasteiger partial charge in [-0.05, 0) is 35.0 Å². The fraction of sp³-hybridized carbons (Fsp3) is 0.0667. The van der Waals surface area contributed by atoms with Crippen LogP contribution in [0.4, 0.5) is 0 Å². The highest BCUT2D eigenvalue weighted by molar-refractivity contribution is 9.10. The molecule has 0 atom stereocenters. The van der Waals surface area contributed by atoms with Crippen LogP contribution >= 0.6 is 43.2 Å². The SMILES string of the molecule is Cc1sc(-c2cncc(Br)c2)nc1-c1ccccc1Br. The monoisotopic (exact) mass is 408 g/mol. The Morgan fingerprint density at radius 1 is 1.10 bits per heavy atom. The van der Waals surface area contributed by atoms with Crippen molar-refractivity contribution in [2.45, 2.75) is 6.92 Å². The fourth-order valence-electron chi connectivity index (χ4n) is 1.95. The summed E-state index contributed by atoms with van der Waals surface area (Å²) in [7, 11) is 0. The average Bonchev–Trinajstić information content (AvgIpc) is 2.81. The first kappa shape index (κ1) is 13.9. The summed E-state index contributed by atoms with van der Waals surface area (Å²) < 4.78 is 2.03. The zero-order valence-corrected chi connectivity index (χ0v) is 14.6. The van der Waals surface area contributed by atoms with Crippen molar-refractivity contribution in [1.82, 2.24) is 9.97 Å². The summed E-state index contributed by atoms with van der Waals surface area (Å²) in [5, 5.41) is 0.988. The minimum Gasteiger partial charge on any atom is -0.263 e. The van der Waals surface area contributed by atoms with Crippen LogP contribution in [0.25, 0.3) is 21.8 Å². The maximum absolute atomic E-state index is 4.78. The second-order valence-corrected chi connectivity index (χ2v) is 7.27. The first-order valence-corrected chi connectivity index (χ1v) is 8.38. The van der Waals surface area contributed by atoms with Crippen LogP contribution < -0.4 is 0 Å². The normalized spacial score (nSPS) is 10.8. The first-order valence-electron chi connectivity index (χ1n) is 5.98. The minimum atomic E-state index is 0.963. The Morgan fingerprint density at radius 2 is 1.90 bits per heavy atom. The molecule has 3 aromatic rings. The summed E-state index contributed by atoms with van der Waals surface area (Å²) in [5.41, 5.74) is 3.18. The number of aryl methyl sites for hydroxylation is 1. The van der Waals surface area contributed by atoms with Gasteiger partial charge in [-0.15, -0.1) is 11.3 Å². The van der Waals surface area contributed by atoms with E-state index < -0.39 is 0 Å². The predicted octanol–water partition coefficient (Wildman–Crippen LogP) is 5.71. The highest BCUT2D eigenvalue weighted by Gasteiger charge is 2.13. The number of pyridine rings is 1. The molecular formula is C15H10Br2N2S. The van der Waals surface area contributed by atoms with E-state index in [0.717, 1.165) is 30.8 Å². The Labute approximate surface area is 138 Å². The Bertz CT molecular complexity index is 768. The highest BCUT2D eigenvalue weighted by atomic mass is 79.9. The molecule has 2 aromatic heterocycles. The van der Waals surface area contributed by atoms with Crippen molar-refractivity contribution in [1.29, 1.82) is 0 Å². The van der Waals surface area contributed by atoms with E-state index in [1.807, 2.05) is 30.5 Å². The van der Waals surface area contributed by atoms with Gasteiger partial charge in [-0.3, -0.25) is 4.98 Å². The first-order chi connectivity index (χ1) is 9.65. The van der Waals surface area contributed by atoms with E-state index in [-0.39, 0.29) is 0 Å². The van der Waals surface area contributed by atoms with Gasteiger partial charge < -0.3 is 0 Å². The van der Waals surface area contributed by atoms with Crippen molar-refractivity contribution in [3.63, 3.8) is 0 Å². The van der Waals surface area contributed by atoms with Gasteiger partial charge in [0.05, 0.1) is 5.69 Å². The van der Waals surface area contributed by atoms with Crippen LogP contribution in [0.2, 0.25) is 0 Å². The van der Waals surface area contributed by atoms with Crippen LogP contribution in [0, 0.1) is 6.92 Å². The van der Waals surface area contributed by atoms with Crippen molar-refractivity contribution in [3.05, 3.63) is 56.5 Å². The number of aromatic nitrogens is 2. The van der Waals surface area contributed by atoms with Crippen molar-refractivity contribution in [2.24, 2.45) is 0 Å². The molecule has 2 nitrogen and oxygen atoms in total. The molecule has 0 fully saturated rings. The molecule has 0 radical (unpaired) electrons. The Kier molecular flexibility index (Phi) is 4.01. The van der Waals surface area contributed by atoms with Gasteiger partial charge in [-0.2, -0.15) is 0 Å². The van der Waals surface area contributed by atoms with Gasteiger partial charge in [0.25, 0.3) is 0 Å². The van der Waals surface area contributed by atoms with Crippen LogP contribution in [0.1, 0.15) is 4.88 Å². The summed E-state index contributed by atoms with van der Waals surface area (Å²) in [6, 6.07) is 10.2. The van der Waals surface area contributed by atoms with Crippen LogP contribution in [0.3, 0.4) is 0 Å². The molecule has 0 aliphatic rings. The summed E-state index contributed by atoms with van der Waals surface area (Å²) in [6.45, 7) is 2.10. The van der Waals surface area contributed by atoms with E-state index in [0.29, 0.717) is 0 Å². The number of nitrogens with zero attached hydrogens (tertiary/aromatic N) is 2. The van der Waals surface area contributed by atoms with Crippen LogP contribution in [0.15, 0.2) is 51.7 Å². The number of hydrogen-bond acceptors (Lipinski definition) is 3. The molecule has 0 saturated heterocycles. The molecule has 0 aliphatic carbocycles. The summed E-state index contributed by atoms with van der Waals surface area (Å²) in [6.07, 6.45) is 3.62. The lowest BCUT2D eigenvalue weighted by atomic mass is 10.1. The second kappa shape index (κ2) is 5.76. The van der Waals surface area contributed by atoms with E-state index in [2.05, 4.69) is 49.8 Å².